The molecule has 7 atom stereocenters. The normalized spacial score (nSPS) is 28.5. The molecular formula is C29H24ClN3O8S2. The highest BCUT2D eigenvalue weighted by Gasteiger charge is 2.69. The lowest BCUT2D eigenvalue weighted by Gasteiger charge is -2.43. The number of nitro benzene ring substituents is 1. The molecule has 2 bridgehead atoms. The maximum absolute atomic E-state index is 13.6. The smallest absolute Gasteiger partial charge is 0.305 e. The van der Waals surface area contributed by atoms with Crippen LogP contribution < -0.4 is 9.61 Å². The summed E-state index contributed by atoms with van der Waals surface area (Å²) in [6, 6.07) is 11.6. The number of thiazole rings is 1. The Kier molecular flexibility index (Phi) is 6.86. The molecule has 0 spiro atoms. The molecule has 0 unspecified atom stereocenters. The van der Waals surface area contributed by atoms with Crippen molar-refractivity contribution in [2.45, 2.75) is 35.6 Å². The molecule has 2 N–H and O–H groups in total. The number of imide groups is 1. The number of nitrogens with zero attached hydrogens (tertiary/aromatic N) is 2. The SMILES string of the molecule is O=C(O)CCN1C(=O)[C@@H]2[C@@H]3C[C@@H]([C@@H]2C1=O)[C@H]1[C@@H](c2cc([N+](=O)[O-])ccc2OCc2ccccc2Cl)c2sc(=O)[nH]c2S[C@H]31. The Morgan fingerprint density at radius 3 is 2.60 bits per heavy atom. The molecular weight excluding hydrogens is 618 g/mol. The van der Waals surface area contributed by atoms with Crippen LogP contribution in [0.5, 0.6) is 5.75 Å². The lowest BCUT2D eigenvalue weighted by molar-refractivity contribution is -0.385. The summed E-state index contributed by atoms with van der Waals surface area (Å²) in [5.74, 6) is -3.62. The van der Waals surface area contributed by atoms with Crippen molar-refractivity contribution in [3.8, 4) is 5.75 Å². The standard InChI is InChI=1S/C29H24ClN3O8S2/c30-17-4-2-1-3-12(17)11-41-18-6-5-13(33(39)40)9-14(18)20-21-15-10-16(24(21)42-26-25(20)43-29(38)31-26)23-22(15)27(36)32(28(23)37)8-7-19(34)35/h1-6,9,15-16,20-24H,7-8,10-11H2,(H,31,38)(H,34,35)/t15-,16+,20-,21+,22+,23-,24-/m1/s1. The summed E-state index contributed by atoms with van der Waals surface area (Å²) in [6.07, 6.45) is 0.303. The number of benzene rings is 2. The van der Waals surface area contributed by atoms with Crippen molar-refractivity contribution >= 4 is 58.2 Å². The first-order chi connectivity index (χ1) is 20.6. The van der Waals surface area contributed by atoms with Crippen molar-refractivity contribution in [3.63, 3.8) is 0 Å². The van der Waals surface area contributed by atoms with Gasteiger partial charge in [-0.3, -0.25) is 34.2 Å². The third kappa shape index (κ3) is 4.47. The van der Waals surface area contributed by atoms with Crippen LogP contribution in [0.25, 0.3) is 0 Å². The molecule has 4 aliphatic rings. The first-order valence-electron chi connectivity index (χ1n) is 13.7. The minimum atomic E-state index is -1.09. The Bertz CT molecular complexity index is 1760. The van der Waals surface area contributed by atoms with Crippen LogP contribution in [0.4, 0.5) is 5.69 Å². The van der Waals surface area contributed by atoms with E-state index in [0.29, 0.717) is 27.8 Å². The number of hydrogen-bond donors (Lipinski definition) is 2. The van der Waals surface area contributed by atoms with E-state index in [0.717, 1.165) is 26.7 Å². The number of H-pyrrole nitrogens is 1. The molecule has 2 aliphatic heterocycles. The van der Waals surface area contributed by atoms with Gasteiger partial charge in [-0.05, 0) is 36.3 Å². The molecule has 3 heterocycles. The number of non-ortho nitro benzene ring substituents is 1. The summed E-state index contributed by atoms with van der Waals surface area (Å²) < 4.78 is 6.26. The van der Waals surface area contributed by atoms with Gasteiger partial charge >= 0.3 is 10.8 Å². The second-order valence-corrected chi connectivity index (χ2v) is 13.9. The van der Waals surface area contributed by atoms with E-state index in [1.54, 1.807) is 18.2 Å². The molecule has 222 valence electrons. The van der Waals surface area contributed by atoms with Crippen LogP contribution in [-0.4, -0.2) is 49.5 Å². The summed E-state index contributed by atoms with van der Waals surface area (Å²) in [6.45, 7) is -0.0600. The van der Waals surface area contributed by atoms with E-state index >= 15 is 0 Å². The Morgan fingerprint density at radius 2 is 1.88 bits per heavy atom. The number of carbonyl (C=O) groups excluding carboxylic acids is 2. The molecule has 3 fully saturated rings. The molecule has 1 aromatic heterocycles. The number of ether oxygens (including phenoxy) is 1. The number of aliphatic carboxylic acids is 1. The minimum Gasteiger partial charge on any atom is -0.489 e. The van der Waals surface area contributed by atoms with Crippen molar-refractivity contribution in [2.24, 2.45) is 29.6 Å². The molecule has 2 saturated carbocycles. The second kappa shape index (κ2) is 10.5. The summed E-state index contributed by atoms with van der Waals surface area (Å²) in [7, 11) is 0. The van der Waals surface area contributed by atoms with Crippen LogP contribution in [0, 0.1) is 39.7 Å². The quantitative estimate of drug-likeness (QED) is 0.205. The monoisotopic (exact) mass is 641 g/mol. The summed E-state index contributed by atoms with van der Waals surface area (Å²) in [5, 5.41) is 22.1. The topological polar surface area (TPSA) is 160 Å². The predicted molar refractivity (Wildman–Crippen MR) is 156 cm³/mol. The number of halogens is 1. The fourth-order valence-corrected chi connectivity index (χ4v) is 10.7. The number of amides is 2. The van der Waals surface area contributed by atoms with Gasteiger partial charge in [0.25, 0.3) is 5.69 Å². The van der Waals surface area contributed by atoms with Crippen molar-refractivity contribution in [2.75, 3.05) is 6.54 Å². The molecule has 3 aromatic rings. The van der Waals surface area contributed by atoms with Gasteiger partial charge in [0.2, 0.25) is 11.8 Å². The zero-order valence-electron chi connectivity index (χ0n) is 22.3. The molecule has 2 amide bonds. The number of carboxylic acid groups (broad SMARTS) is 1. The van der Waals surface area contributed by atoms with Gasteiger partial charge in [-0.25, -0.2) is 0 Å². The zero-order chi connectivity index (χ0) is 30.2. The molecule has 43 heavy (non-hydrogen) atoms. The minimum absolute atomic E-state index is 0.110. The third-order valence-corrected chi connectivity index (χ3v) is 12.2. The first kappa shape index (κ1) is 28.1. The van der Waals surface area contributed by atoms with E-state index in [4.69, 9.17) is 21.4 Å². The van der Waals surface area contributed by atoms with Crippen LogP contribution in [0.2, 0.25) is 5.02 Å². The highest BCUT2D eigenvalue weighted by atomic mass is 35.5. The summed E-state index contributed by atoms with van der Waals surface area (Å²) in [4.78, 5) is 66.8. The predicted octanol–water partition coefficient (Wildman–Crippen LogP) is 4.53. The Balaban J connectivity index is 1.31. The summed E-state index contributed by atoms with van der Waals surface area (Å²) in [5.41, 5.74) is 1.14. The van der Waals surface area contributed by atoms with Crippen LogP contribution in [-0.2, 0) is 21.0 Å². The number of nitro groups is 1. The van der Waals surface area contributed by atoms with Crippen LogP contribution in [0.15, 0.2) is 52.3 Å². The van der Waals surface area contributed by atoms with E-state index in [1.807, 2.05) is 12.1 Å². The number of aromatic amines is 1. The number of nitrogens with one attached hydrogen (secondary N) is 1. The van der Waals surface area contributed by atoms with E-state index in [2.05, 4.69) is 4.98 Å². The van der Waals surface area contributed by atoms with Crippen molar-refractivity contribution in [1.29, 1.82) is 0 Å². The molecule has 7 rings (SSSR count). The van der Waals surface area contributed by atoms with Gasteiger partial charge in [0, 0.05) is 50.9 Å². The average Bonchev–Trinajstić information content (AvgIpc) is 3.70. The number of likely N-dealkylation sites (tertiary alicyclic amines) is 1. The first-order valence-corrected chi connectivity index (χ1v) is 15.8. The van der Waals surface area contributed by atoms with Crippen LogP contribution >= 0.6 is 34.7 Å². The van der Waals surface area contributed by atoms with Gasteiger partial charge < -0.3 is 14.8 Å². The van der Waals surface area contributed by atoms with Gasteiger partial charge in [-0.15, -0.1) is 11.8 Å². The fourth-order valence-electron chi connectivity index (χ4n) is 7.65. The number of aromatic nitrogens is 1. The van der Waals surface area contributed by atoms with Gasteiger partial charge in [-0.2, -0.15) is 0 Å². The van der Waals surface area contributed by atoms with E-state index < -0.39 is 28.6 Å². The zero-order valence-corrected chi connectivity index (χ0v) is 24.7. The second-order valence-electron chi connectivity index (χ2n) is 11.3. The Hall–Kier alpha value is -3.68. The van der Waals surface area contributed by atoms with Crippen molar-refractivity contribution in [3.05, 3.63) is 83.3 Å². The fraction of sp³-hybridized carbons (Fsp3) is 0.379. The van der Waals surface area contributed by atoms with Gasteiger partial charge in [-0.1, -0.05) is 41.1 Å². The highest BCUT2D eigenvalue weighted by Crippen LogP contribution is 2.69. The average molecular weight is 642 g/mol. The van der Waals surface area contributed by atoms with Crippen LogP contribution in [0.1, 0.15) is 34.8 Å². The number of rotatable bonds is 8. The third-order valence-electron chi connectivity index (χ3n) is 9.24. The Morgan fingerprint density at radius 1 is 1.14 bits per heavy atom. The van der Waals surface area contributed by atoms with Crippen molar-refractivity contribution < 1.29 is 29.2 Å². The molecule has 14 heteroatoms. The maximum atomic E-state index is 13.6. The lowest BCUT2D eigenvalue weighted by Crippen LogP contribution is -2.42. The largest absolute Gasteiger partial charge is 0.489 e. The van der Waals surface area contributed by atoms with Gasteiger partial charge in [0.1, 0.15) is 12.4 Å². The molecule has 2 aromatic carbocycles. The number of fused-ring (bicyclic) bond motifs is 9. The maximum Gasteiger partial charge on any atom is 0.305 e. The molecule has 2 aliphatic carbocycles. The van der Waals surface area contributed by atoms with Crippen molar-refractivity contribution in [1.82, 2.24) is 9.88 Å². The number of thioether (sulfide) groups is 1. The number of carbonyl (C=O) groups is 3. The van der Waals surface area contributed by atoms with Crippen LogP contribution in [0.3, 0.4) is 0 Å². The highest BCUT2D eigenvalue weighted by molar-refractivity contribution is 8.00. The Labute approximate surface area is 257 Å². The van der Waals surface area contributed by atoms with Gasteiger partial charge in [0.05, 0.1) is 28.2 Å². The number of hydrogen-bond acceptors (Lipinski definition) is 9. The van der Waals surface area contributed by atoms with Gasteiger partial charge in [0.15, 0.2) is 0 Å². The van der Waals surface area contributed by atoms with E-state index in [9.17, 15) is 29.3 Å². The summed E-state index contributed by atoms with van der Waals surface area (Å²) >= 11 is 8.89. The lowest BCUT2D eigenvalue weighted by atomic mass is 9.68. The molecule has 1 saturated heterocycles. The number of carboxylic acids is 1. The molecule has 11 nitrogen and oxygen atoms in total. The van der Waals surface area contributed by atoms with E-state index in [1.165, 1.54) is 23.9 Å². The molecule has 0 radical (unpaired) electrons. The van der Waals surface area contributed by atoms with E-state index in [-0.39, 0.29) is 65.0 Å².